The number of methoxy groups -OCH3 is 1. The first-order valence-electron chi connectivity index (χ1n) is 8.64. The predicted octanol–water partition coefficient (Wildman–Crippen LogP) is 5.18. The van der Waals surface area contributed by atoms with E-state index in [2.05, 4.69) is 20.5 Å². The molecule has 0 unspecified atom stereocenters. The summed E-state index contributed by atoms with van der Waals surface area (Å²) in [5, 5.41) is 12.8. The number of benzene rings is 2. The maximum absolute atomic E-state index is 12.9. The Kier molecular flexibility index (Phi) is 5.50. The molecule has 0 aliphatic heterocycles. The van der Waals surface area contributed by atoms with Crippen molar-refractivity contribution in [2.24, 2.45) is 0 Å². The van der Waals surface area contributed by atoms with Gasteiger partial charge in [0.25, 0.3) is 5.91 Å². The van der Waals surface area contributed by atoms with Gasteiger partial charge in [-0.15, -0.1) is 10.2 Å². The molecule has 0 bridgehead atoms. The summed E-state index contributed by atoms with van der Waals surface area (Å²) in [6.45, 7) is 0. The zero-order valence-electron chi connectivity index (χ0n) is 15.3. The van der Waals surface area contributed by atoms with Crippen molar-refractivity contribution in [3.63, 3.8) is 0 Å². The van der Waals surface area contributed by atoms with Crippen LogP contribution in [0, 0.1) is 0 Å². The Balaban J connectivity index is 1.61. The molecule has 0 aliphatic rings. The van der Waals surface area contributed by atoms with Crippen LogP contribution in [0.2, 0.25) is 5.02 Å². The van der Waals surface area contributed by atoms with Gasteiger partial charge in [0.15, 0.2) is 0 Å². The Labute approximate surface area is 176 Å². The number of nitrogens with one attached hydrogen (secondary N) is 1. The Morgan fingerprint density at radius 3 is 2.62 bits per heavy atom. The van der Waals surface area contributed by atoms with Gasteiger partial charge in [-0.2, -0.15) is 0 Å². The van der Waals surface area contributed by atoms with Gasteiger partial charge in [-0.3, -0.25) is 15.1 Å². The molecular formula is C21H15ClN4O2S. The third kappa shape index (κ3) is 4.11. The van der Waals surface area contributed by atoms with Gasteiger partial charge in [-0.25, -0.2) is 0 Å². The maximum Gasteiger partial charge on any atom is 0.258 e. The number of hydrogen-bond donors (Lipinski definition) is 1. The zero-order chi connectivity index (χ0) is 20.2. The molecule has 0 aliphatic carbocycles. The minimum absolute atomic E-state index is 0.299. The molecule has 0 saturated carbocycles. The van der Waals surface area contributed by atoms with Gasteiger partial charge in [0.2, 0.25) is 5.13 Å². The number of hydrogen-bond acceptors (Lipinski definition) is 6. The predicted molar refractivity (Wildman–Crippen MR) is 115 cm³/mol. The van der Waals surface area contributed by atoms with Crippen LogP contribution in [0.3, 0.4) is 0 Å². The van der Waals surface area contributed by atoms with Gasteiger partial charge >= 0.3 is 0 Å². The fraction of sp³-hybridized carbons (Fsp3) is 0.0476. The average Bonchev–Trinajstić information content (AvgIpc) is 3.22. The monoisotopic (exact) mass is 422 g/mol. The minimum atomic E-state index is -0.299. The smallest absolute Gasteiger partial charge is 0.258 e. The minimum Gasteiger partial charge on any atom is -0.496 e. The normalized spacial score (nSPS) is 10.6. The number of amides is 1. The highest BCUT2D eigenvalue weighted by Gasteiger charge is 2.17. The lowest BCUT2D eigenvalue weighted by atomic mass is 10.0. The fourth-order valence-electron chi connectivity index (χ4n) is 2.82. The van der Waals surface area contributed by atoms with Crippen LogP contribution in [-0.4, -0.2) is 28.2 Å². The van der Waals surface area contributed by atoms with E-state index in [0.717, 1.165) is 11.1 Å². The van der Waals surface area contributed by atoms with E-state index in [9.17, 15) is 4.79 Å². The van der Waals surface area contributed by atoms with Crippen molar-refractivity contribution in [3.05, 3.63) is 77.6 Å². The number of pyridine rings is 1. The Morgan fingerprint density at radius 2 is 1.83 bits per heavy atom. The summed E-state index contributed by atoms with van der Waals surface area (Å²) in [7, 11) is 1.59. The first-order chi connectivity index (χ1) is 14.2. The van der Waals surface area contributed by atoms with Crippen molar-refractivity contribution in [2.75, 3.05) is 12.4 Å². The quantitative estimate of drug-likeness (QED) is 0.479. The van der Waals surface area contributed by atoms with Crippen LogP contribution < -0.4 is 10.1 Å². The topological polar surface area (TPSA) is 77.0 Å². The van der Waals surface area contributed by atoms with Gasteiger partial charge in [0, 0.05) is 34.1 Å². The van der Waals surface area contributed by atoms with E-state index < -0.39 is 0 Å². The maximum atomic E-state index is 12.9. The highest BCUT2D eigenvalue weighted by atomic mass is 35.5. The van der Waals surface area contributed by atoms with Crippen LogP contribution in [0.15, 0.2) is 67.0 Å². The molecule has 29 heavy (non-hydrogen) atoms. The van der Waals surface area contributed by atoms with E-state index in [1.807, 2.05) is 36.4 Å². The molecule has 4 aromatic rings. The second-order valence-electron chi connectivity index (χ2n) is 5.99. The molecule has 1 amide bonds. The number of carbonyl (C=O) groups is 1. The number of halogens is 1. The first kappa shape index (κ1) is 19.0. The number of nitrogens with zero attached hydrogens (tertiary/aromatic N) is 3. The molecule has 2 aromatic heterocycles. The summed E-state index contributed by atoms with van der Waals surface area (Å²) in [5.41, 5.74) is 2.80. The van der Waals surface area contributed by atoms with Crippen molar-refractivity contribution in [1.82, 2.24) is 15.2 Å². The molecule has 1 N–H and O–H groups in total. The van der Waals surface area contributed by atoms with Crippen LogP contribution in [0.4, 0.5) is 5.13 Å². The lowest BCUT2D eigenvalue weighted by Crippen LogP contribution is -2.13. The summed E-state index contributed by atoms with van der Waals surface area (Å²) in [4.78, 5) is 17.1. The summed E-state index contributed by atoms with van der Waals surface area (Å²) < 4.78 is 5.42. The number of aromatic nitrogens is 3. The van der Waals surface area contributed by atoms with Gasteiger partial charge in [0.1, 0.15) is 10.8 Å². The number of para-hydroxylation sites is 1. The summed E-state index contributed by atoms with van der Waals surface area (Å²) in [6, 6.07) is 16.4. The van der Waals surface area contributed by atoms with Crippen LogP contribution in [0.5, 0.6) is 5.75 Å². The number of ether oxygens (including phenoxy) is 1. The standard InChI is InChI=1S/C21H15ClN4O2S/c1-28-18-5-3-2-4-15(18)17-12-23-11-10-16(17)19(27)24-21-26-25-20(29-21)13-6-8-14(22)9-7-13/h2-12H,1H3,(H,24,26,27). The fourth-order valence-corrected chi connectivity index (χ4v) is 3.69. The molecule has 0 atom stereocenters. The second kappa shape index (κ2) is 8.38. The largest absolute Gasteiger partial charge is 0.496 e. The van der Waals surface area contributed by atoms with Crippen molar-refractivity contribution >= 4 is 34.0 Å². The first-order valence-corrected chi connectivity index (χ1v) is 9.83. The van der Waals surface area contributed by atoms with Gasteiger partial charge in [-0.05, 0) is 24.3 Å². The third-order valence-corrected chi connectivity index (χ3v) is 5.34. The highest BCUT2D eigenvalue weighted by molar-refractivity contribution is 7.18. The van der Waals surface area contributed by atoms with Crippen molar-refractivity contribution in [2.45, 2.75) is 0 Å². The van der Waals surface area contributed by atoms with E-state index in [-0.39, 0.29) is 5.91 Å². The second-order valence-corrected chi connectivity index (χ2v) is 7.41. The summed E-state index contributed by atoms with van der Waals surface area (Å²) >= 11 is 7.21. The Morgan fingerprint density at radius 1 is 1.03 bits per heavy atom. The number of anilines is 1. The van der Waals surface area contributed by atoms with Crippen molar-refractivity contribution < 1.29 is 9.53 Å². The van der Waals surface area contributed by atoms with E-state index in [1.54, 1.807) is 37.7 Å². The molecule has 0 spiro atoms. The van der Waals surface area contributed by atoms with Gasteiger partial charge in [-0.1, -0.05) is 53.3 Å². The molecule has 144 valence electrons. The average molecular weight is 423 g/mol. The third-order valence-electron chi connectivity index (χ3n) is 4.20. The molecule has 2 heterocycles. The SMILES string of the molecule is COc1ccccc1-c1cnccc1C(=O)Nc1nnc(-c2ccc(Cl)cc2)s1. The number of rotatable bonds is 5. The Hall–Kier alpha value is -3.29. The van der Waals surface area contributed by atoms with E-state index in [4.69, 9.17) is 16.3 Å². The summed E-state index contributed by atoms with van der Waals surface area (Å²) in [6.07, 6.45) is 3.22. The molecular weight excluding hydrogens is 408 g/mol. The van der Waals surface area contributed by atoms with Gasteiger partial charge in [0.05, 0.1) is 12.7 Å². The van der Waals surface area contributed by atoms with E-state index in [1.165, 1.54) is 11.3 Å². The molecule has 4 rings (SSSR count). The molecule has 8 heteroatoms. The highest BCUT2D eigenvalue weighted by Crippen LogP contribution is 2.32. The molecule has 0 saturated heterocycles. The zero-order valence-corrected chi connectivity index (χ0v) is 16.9. The van der Waals surface area contributed by atoms with Crippen molar-refractivity contribution in [3.8, 4) is 27.4 Å². The molecule has 0 radical (unpaired) electrons. The lowest BCUT2D eigenvalue weighted by Gasteiger charge is -2.11. The van der Waals surface area contributed by atoms with Gasteiger partial charge < -0.3 is 4.74 Å². The van der Waals surface area contributed by atoms with E-state index in [0.29, 0.717) is 32.0 Å². The van der Waals surface area contributed by atoms with Crippen LogP contribution in [0.1, 0.15) is 10.4 Å². The molecule has 2 aromatic carbocycles. The molecule has 0 fully saturated rings. The summed E-state index contributed by atoms with van der Waals surface area (Å²) in [5.74, 6) is 0.364. The number of carbonyl (C=O) groups excluding carboxylic acids is 1. The van der Waals surface area contributed by atoms with Crippen LogP contribution in [0.25, 0.3) is 21.7 Å². The molecule has 6 nitrogen and oxygen atoms in total. The lowest BCUT2D eigenvalue weighted by molar-refractivity contribution is 0.102. The van der Waals surface area contributed by atoms with Crippen molar-refractivity contribution in [1.29, 1.82) is 0 Å². The van der Waals surface area contributed by atoms with Crippen LogP contribution in [-0.2, 0) is 0 Å². The van der Waals surface area contributed by atoms with Crippen LogP contribution >= 0.6 is 22.9 Å². The Bertz CT molecular complexity index is 1160. The van der Waals surface area contributed by atoms with E-state index >= 15 is 0 Å².